The van der Waals surface area contributed by atoms with Gasteiger partial charge in [-0.1, -0.05) is 29.8 Å². The topological polar surface area (TPSA) is 70.4 Å². The number of carbonyl (C=O) groups excluding carboxylic acids is 2. The Balaban J connectivity index is 1.95. The molecule has 0 radical (unpaired) electrons. The first-order valence-corrected chi connectivity index (χ1v) is 7.06. The molecule has 22 heavy (non-hydrogen) atoms. The van der Waals surface area contributed by atoms with E-state index in [1.807, 2.05) is 18.2 Å². The van der Waals surface area contributed by atoms with Crippen LogP contribution in [-0.4, -0.2) is 34.9 Å². The van der Waals surface area contributed by atoms with E-state index in [1.54, 1.807) is 17.7 Å². The summed E-state index contributed by atoms with van der Waals surface area (Å²) in [6, 6.07) is 7.38. The molecule has 0 aliphatic carbocycles. The van der Waals surface area contributed by atoms with Crippen LogP contribution in [0.25, 0.3) is 0 Å². The summed E-state index contributed by atoms with van der Waals surface area (Å²) in [4.78, 5) is 22.9. The predicted octanol–water partition coefficient (Wildman–Crippen LogP) is 2.30. The van der Waals surface area contributed by atoms with E-state index in [0.717, 1.165) is 5.56 Å². The smallest absolute Gasteiger partial charge is 0.344 e. The van der Waals surface area contributed by atoms with Crippen LogP contribution in [0.4, 0.5) is 0 Å². The minimum absolute atomic E-state index is 0.242. The SMILES string of the molecule is CCOC(=O)COC(=O)c1cnn(Cc2ccccc2Cl)c1. The fourth-order valence-electron chi connectivity index (χ4n) is 1.77. The minimum Gasteiger partial charge on any atom is -0.463 e. The van der Waals surface area contributed by atoms with Gasteiger partial charge in [0.05, 0.1) is 24.9 Å². The maximum atomic E-state index is 11.8. The van der Waals surface area contributed by atoms with E-state index in [0.29, 0.717) is 11.6 Å². The Hall–Kier alpha value is -2.34. The summed E-state index contributed by atoms with van der Waals surface area (Å²) >= 11 is 6.07. The number of ether oxygens (including phenoxy) is 2. The van der Waals surface area contributed by atoms with E-state index < -0.39 is 18.5 Å². The highest BCUT2D eigenvalue weighted by Gasteiger charge is 2.13. The third-order valence-corrected chi connectivity index (χ3v) is 3.15. The van der Waals surface area contributed by atoms with Gasteiger partial charge in [0.2, 0.25) is 0 Å². The number of rotatable bonds is 6. The second-order valence-electron chi connectivity index (χ2n) is 4.40. The van der Waals surface area contributed by atoms with Crippen molar-refractivity contribution in [3.8, 4) is 0 Å². The standard InChI is InChI=1S/C15H15ClN2O4/c1-2-21-14(19)10-22-15(20)12-7-17-18(9-12)8-11-5-3-4-6-13(11)16/h3-7,9H,2,8,10H2,1H3. The summed E-state index contributed by atoms with van der Waals surface area (Å²) in [5.41, 5.74) is 1.15. The van der Waals surface area contributed by atoms with Crippen molar-refractivity contribution in [2.75, 3.05) is 13.2 Å². The molecule has 1 heterocycles. The molecule has 116 valence electrons. The highest BCUT2D eigenvalue weighted by atomic mass is 35.5. The van der Waals surface area contributed by atoms with E-state index in [9.17, 15) is 9.59 Å². The molecule has 7 heteroatoms. The molecule has 0 amide bonds. The second-order valence-corrected chi connectivity index (χ2v) is 4.81. The lowest BCUT2D eigenvalue weighted by Gasteiger charge is -2.04. The Kier molecular flexibility index (Phi) is 5.55. The van der Waals surface area contributed by atoms with E-state index in [-0.39, 0.29) is 12.2 Å². The lowest BCUT2D eigenvalue weighted by molar-refractivity contribution is -0.146. The Bertz CT molecular complexity index is 669. The van der Waals surface area contributed by atoms with Gasteiger partial charge in [0.1, 0.15) is 0 Å². The Labute approximate surface area is 132 Å². The van der Waals surface area contributed by atoms with Crippen molar-refractivity contribution in [3.05, 3.63) is 52.8 Å². The van der Waals surface area contributed by atoms with Crippen LogP contribution in [0.3, 0.4) is 0 Å². The van der Waals surface area contributed by atoms with Gasteiger partial charge in [0.15, 0.2) is 6.61 Å². The van der Waals surface area contributed by atoms with Crippen LogP contribution in [-0.2, 0) is 20.8 Å². The quantitative estimate of drug-likeness (QED) is 0.763. The molecule has 2 rings (SSSR count). The van der Waals surface area contributed by atoms with E-state index in [4.69, 9.17) is 16.3 Å². The molecule has 1 aromatic carbocycles. The zero-order chi connectivity index (χ0) is 15.9. The van der Waals surface area contributed by atoms with E-state index in [1.165, 1.54) is 12.4 Å². The van der Waals surface area contributed by atoms with Gasteiger partial charge in [0.25, 0.3) is 0 Å². The molecule has 2 aromatic rings. The van der Waals surface area contributed by atoms with Gasteiger partial charge in [-0.25, -0.2) is 9.59 Å². The fraction of sp³-hybridized carbons (Fsp3) is 0.267. The number of hydrogen-bond acceptors (Lipinski definition) is 5. The summed E-state index contributed by atoms with van der Waals surface area (Å²) in [6.45, 7) is 1.94. The average molecular weight is 323 g/mol. The number of esters is 2. The van der Waals surface area contributed by atoms with E-state index >= 15 is 0 Å². The maximum Gasteiger partial charge on any atom is 0.344 e. The van der Waals surface area contributed by atoms with Gasteiger partial charge in [-0.3, -0.25) is 4.68 Å². The van der Waals surface area contributed by atoms with Crippen molar-refractivity contribution < 1.29 is 19.1 Å². The largest absolute Gasteiger partial charge is 0.463 e. The molecule has 0 atom stereocenters. The first-order chi connectivity index (χ1) is 10.6. The molecule has 0 saturated carbocycles. The molecule has 0 N–H and O–H groups in total. The van der Waals surface area contributed by atoms with Crippen molar-refractivity contribution >= 4 is 23.5 Å². The van der Waals surface area contributed by atoms with Gasteiger partial charge in [-0.2, -0.15) is 5.10 Å². The molecule has 0 spiro atoms. The molecular weight excluding hydrogens is 308 g/mol. The van der Waals surface area contributed by atoms with Crippen LogP contribution in [0.1, 0.15) is 22.8 Å². The van der Waals surface area contributed by atoms with Crippen molar-refractivity contribution in [3.63, 3.8) is 0 Å². The van der Waals surface area contributed by atoms with Crippen LogP contribution in [0, 0.1) is 0 Å². The summed E-state index contributed by atoms with van der Waals surface area (Å²) in [5, 5.41) is 4.71. The predicted molar refractivity (Wildman–Crippen MR) is 79.7 cm³/mol. The Morgan fingerprint density at radius 3 is 2.77 bits per heavy atom. The number of hydrogen-bond donors (Lipinski definition) is 0. The van der Waals surface area contributed by atoms with Gasteiger partial charge in [-0.05, 0) is 18.6 Å². The van der Waals surface area contributed by atoms with Gasteiger partial charge in [-0.15, -0.1) is 0 Å². The molecule has 6 nitrogen and oxygen atoms in total. The number of halogens is 1. The van der Waals surface area contributed by atoms with Crippen molar-refractivity contribution in [2.24, 2.45) is 0 Å². The normalized spacial score (nSPS) is 10.3. The molecular formula is C15H15ClN2O4. The van der Waals surface area contributed by atoms with Crippen LogP contribution in [0.2, 0.25) is 5.02 Å². The first-order valence-electron chi connectivity index (χ1n) is 6.68. The maximum absolute atomic E-state index is 11.8. The zero-order valence-electron chi connectivity index (χ0n) is 12.0. The van der Waals surface area contributed by atoms with Gasteiger partial charge < -0.3 is 9.47 Å². The lowest BCUT2D eigenvalue weighted by Crippen LogP contribution is -2.16. The van der Waals surface area contributed by atoms with E-state index in [2.05, 4.69) is 9.84 Å². The molecule has 0 saturated heterocycles. The number of carbonyl (C=O) groups is 2. The summed E-state index contributed by atoms with van der Waals surface area (Å²) in [5.74, 6) is -1.21. The highest BCUT2D eigenvalue weighted by Crippen LogP contribution is 2.16. The van der Waals surface area contributed by atoms with Gasteiger partial charge >= 0.3 is 11.9 Å². The third-order valence-electron chi connectivity index (χ3n) is 2.79. The van der Waals surface area contributed by atoms with Crippen LogP contribution in [0.5, 0.6) is 0 Å². The molecule has 0 bridgehead atoms. The minimum atomic E-state index is -0.626. The van der Waals surface area contributed by atoms with Crippen molar-refractivity contribution in [1.82, 2.24) is 9.78 Å². The lowest BCUT2D eigenvalue weighted by atomic mass is 10.2. The number of aromatic nitrogens is 2. The fourth-order valence-corrected chi connectivity index (χ4v) is 1.96. The average Bonchev–Trinajstić information content (AvgIpc) is 2.96. The Morgan fingerprint density at radius 1 is 1.27 bits per heavy atom. The van der Waals surface area contributed by atoms with Crippen LogP contribution in [0.15, 0.2) is 36.7 Å². The molecule has 0 aliphatic heterocycles. The number of benzene rings is 1. The number of nitrogens with zero attached hydrogens (tertiary/aromatic N) is 2. The van der Waals surface area contributed by atoms with Crippen molar-refractivity contribution in [1.29, 1.82) is 0 Å². The monoisotopic (exact) mass is 322 g/mol. The molecule has 1 aromatic heterocycles. The summed E-state index contributed by atoms with van der Waals surface area (Å²) < 4.78 is 11.1. The second kappa shape index (κ2) is 7.61. The zero-order valence-corrected chi connectivity index (χ0v) is 12.7. The van der Waals surface area contributed by atoms with Crippen LogP contribution >= 0.6 is 11.6 Å². The van der Waals surface area contributed by atoms with Gasteiger partial charge in [0, 0.05) is 11.2 Å². The van der Waals surface area contributed by atoms with Crippen LogP contribution < -0.4 is 0 Å². The van der Waals surface area contributed by atoms with Crippen molar-refractivity contribution in [2.45, 2.75) is 13.5 Å². The third kappa shape index (κ3) is 4.33. The molecule has 0 aliphatic rings. The summed E-state index contributed by atoms with van der Waals surface area (Å²) in [7, 11) is 0. The first kappa shape index (κ1) is 16.0. The molecule has 0 fully saturated rings. The highest BCUT2D eigenvalue weighted by molar-refractivity contribution is 6.31. The summed E-state index contributed by atoms with van der Waals surface area (Å²) in [6.07, 6.45) is 2.92. The Morgan fingerprint density at radius 2 is 2.05 bits per heavy atom. The molecule has 0 unspecified atom stereocenters.